The fourth-order valence-corrected chi connectivity index (χ4v) is 2.76. The Morgan fingerprint density at radius 3 is 2.70 bits per heavy atom. The number of phenols is 1. The molecule has 0 fully saturated rings. The first kappa shape index (κ1) is 13.4. The molecule has 0 unspecified atom stereocenters. The van der Waals surface area contributed by atoms with Crippen molar-refractivity contribution in [3.63, 3.8) is 0 Å². The third-order valence-electron chi connectivity index (χ3n) is 2.97. The first-order chi connectivity index (χ1) is 9.63. The highest BCUT2D eigenvalue weighted by molar-refractivity contribution is 9.10. The molecule has 0 bridgehead atoms. The average Bonchev–Trinajstić information content (AvgIpc) is 2.84. The van der Waals surface area contributed by atoms with Crippen LogP contribution in [0, 0.1) is 0 Å². The van der Waals surface area contributed by atoms with Gasteiger partial charge in [-0.25, -0.2) is 0 Å². The molecule has 1 aliphatic heterocycles. The van der Waals surface area contributed by atoms with E-state index in [1.165, 1.54) is 0 Å². The van der Waals surface area contributed by atoms with Gasteiger partial charge < -0.3 is 19.9 Å². The number of hydrogen-bond donors (Lipinski definition) is 2. The lowest BCUT2D eigenvalue weighted by molar-refractivity contribution is 0.174. The van der Waals surface area contributed by atoms with Crippen LogP contribution in [0.5, 0.6) is 17.2 Å². The third kappa shape index (κ3) is 2.64. The first-order valence-corrected chi connectivity index (χ1v) is 7.11. The molecule has 2 aromatic rings. The topological polar surface area (TPSA) is 50.7 Å². The molecular formula is C14H11BrClNO3. The van der Waals surface area contributed by atoms with E-state index >= 15 is 0 Å². The lowest BCUT2D eigenvalue weighted by Gasteiger charge is -2.11. The predicted molar refractivity (Wildman–Crippen MR) is 80.7 cm³/mol. The van der Waals surface area contributed by atoms with Crippen molar-refractivity contribution in [1.82, 2.24) is 0 Å². The molecule has 0 amide bonds. The van der Waals surface area contributed by atoms with Crippen LogP contribution in [-0.4, -0.2) is 11.9 Å². The number of phenolic OH excluding ortho intramolecular Hbond substituents is 1. The molecule has 0 atom stereocenters. The number of hydrogen-bond acceptors (Lipinski definition) is 4. The lowest BCUT2D eigenvalue weighted by Crippen LogP contribution is -2.00. The molecule has 4 nitrogen and oxygen atoms in total. The predicted octanol–water partition coefficient (Wildman–Crippen LogP) is 4.15. The Balaban J connectivity index is 1.78. The SMILES string of the molecule is Oc1cc2c(cc1CNc1ccc(Cl)cc1Br)OCO2. The molecule has 1 aliphatic rings. The summed E-state index contributed by atoms with van der Waals surface area (Å²) in [6.45, 7) is 0.650. The Bertz CT molecular complexity index is 663. The molecule has 2 aromatic carbocycles. The summed E-state index contributed by atoms with van der Waals surface area (Å²) in [6, 6.07) is 8.82. The Morgan fingerprint density at radius 1 is 1.20 bits per heavy atom. The number of ether oxygens (including phenoxy) is 2. The zero-order valence-electron chi connectivity index (χ0n) is 10.3. The van der Waals surface area contributed by atoms with Crippen molar-refractivity contribution >= 4 is 33.2 Å². The number of benzene rings is 2. The van der Waals surface area contributed by atoms with Crippen molar-refractivity contribution < 1.29 is 14.6 Å². The summed E-state index contributed by atoms with van der Waals surface area (Å²) in [5.74, 6) is 1.39. The number of nitrogens with one attached hydrogen (secondary N) is 1. The Kier molecular flexibility index (Phi) is 3.63. The van der Waals surface area contributed by atoms with Gasteiger partial charge in [-0.1, -0.05) is 11.6 Å². The van der Waals surface area contributed by atoms with Crippen LogP contribution in [0.3, 0.4) is 0 Å². The van der Waals surface area contributed by atoms with E-state index in [2.05, 4.69) is 21.2 Å². The highest BCUT2D eigenvalue weighted by Gasteiger charge is 2.16. The van der Waals surface area contributed by atoms with Crippen LogP contribution >= 0.6 is 27.5 Å². The molecular weight excluding hydrogens is 346 g/mol. The smallest absolute Gasteiger partial charge is 0.231 e. The van der Waals surface area contributed by atoms with Gasteiger partial charge >= 0.3 is 0 Å². The standard InChI is InChI=1S/C14H11BrClNO3/c15-10-4-9(16)1-2-11(10)17-6-8-3-13-14(5-12(8)18)20-7-19-13/h1-5,17-18H,6-7H2. The molecule has 20 heavy (non-hydrogen) atoms. The van der Waals surface area contributed by atoms with Gasteiger partial charge in [0.15, 0.2) is 11.5 Å². The average molecular weight is 357 g/mol. The van der Waals surface area contributed by atoms with Crippen LogP contribution < -0.4 is 14.8 Å². The number of halogens is 2. The highest BCUT2D eigenvalue weighted by Crippen LogP contribution is 2.38. The van der Waals surface area contributed by atoms with E-state index in [-0.39, 0.29) is 12.5 Å². The zero-order valence-corrected chi connectivity index (χ0v) is 12.7. The maximum atomic E-state index is 9.96. The minimum absolute atomic E-state index is 0.173. The first-order valence-electron chi connectivity index (χ1n) is 5.94. The van der Waals surface area contributed by atoms with Crippen molar-refractivity contribution in [2.75, 3.05) is 12.1 Å². The van der Waals surface area contributed by atoms with Crippen LogP contribution in [0.1, 0.15) is 5.56 Å². The second-order valence-electron chi connectivity index (χ2n) is 4.31. The Morgan fingerprint density at radius 2 is 1.95 bits per heavy atom. The zero-order chi connectivity index (χ0) is 14.1. The van der Waals surface area contributed by atoms with Crippen LogP contribution in [0.15, 0.2) is 34.8 Å². The molecule has 0 saturated heterocycles. The fraction of sp³-hybridized carbons (Fsp3) is 0.143. The van der Waals surface area contributed by atoms with Gasteiger partial charge in [-0.05, 0) is 40.2 Å². The maximum absolute atomic E-state index is 9.96. The summed E-state index contributed by atoms with van der Waals surface area (Å²) in [5, 5.41) is 13.8. The van der Waals surface area contributed by atoms with E-state index in [1.807, 2.05) is 12.1 Å². The van der Waals surface area contributed by atoms with Crippen LogP contribution in [0.25, 0.3) is 0 Å². The summed E-state index contributed by atoms with van der Waals surface area (Å²) in [6.07, 6.45) is 0. The summed E-state index contributed by atoms with van der Waals surface area (Å²) in [4.78, 5) is 0. The highest BCUT2D eigenvalue weighted by atomic mass is 79.9. The fourth-order valence-electron chi connectivity index (χ4n) is 1.94. The van der Waals surface area contributed by atoms with Crippen LogP contribution in [-0.2, 0) is 6.54 Å². The molecule has 0 aliphatic carbocycles. The van der Waals surface area contributed by atoms with E-state index in [1.54, 1.807) is 18.2 Å². The molecule has 104 valence electrons. The lowest BCUT2D eigenvalue weighted by atomic mass is 10.1. The van der Waals surface area contributed by atoms with Gasteiger partial charge in [-0.3, -0.25) is 0 Å². The van der Waals surface area contributed by atoms with Crippen molar-refractivity contribution in [2.45, 2.75) is 6.54 Å². The molecule has 0 spiro atoms. The minimum atomic E-state index is 0.173. The second kappa shape index (κ2) is 5.42. The van der Waals surface area contributed by atoms with E-state index in [0.29, 0.717) is 23.1 Å². The largest absolute Gasteiger partial charge is 0.507 e. The van der Waals surface area contributed by atoms with Gasteiger partial charge in [-0.15, -0.1) is 0 Å². The molecule has 0 radical (unpaired) electrons. The van der Waals surface area contributed by atoms with Crippen molar-refractivity contribution in [3.8, 4) is 17.2 Å². The molecule has 2 N–H and O–H groups in total. The number of rotatable bonds is 3. The van der Waals surface area contributed by atoms with Crippen molar-refractivity contribution in [2.24, 2.45) is 0 Å². The summed E-state index contributed by atoms with van der Waals surface area (Å²) >= 11 is 9.33. The quantitative estimate of drug-likeness (QED) is 0.867. The summed E-state index contributed by atoms with van der Waals surface area (Å²) in [7, 11) is 0. The monoisotopic (exact) mass is 355 g/mol. The third-order valence-corrected chi connectivity index (χ3v) is 3.87. The Hall–Kier alpha value is -1.59. The number of anilines is 1. The maximum Gasteiger partial charge on any atom is 0.231 e. The summed E-state index contributed by atoms with van der Waals surface area (Å²) < 4.78 is 11.4. The molecule has 6 heteroatoms. The van der Waals surface area contributed by atoms with Gasteiger partial charge in [-0.2, -0.15) is 0 Å². The van der Waals surface area contributed by atoms with Crippen molar-refractivity contribution in [1.29, 1.82) is 0 Å². The van der Waals surface area contributed by atoms with E-state index in [9.17, 15) is 5.11 Å². The van der Waals surface area contributed by atoms with E-state index < -0.39 is 0 Å². The molecule has 0 saturated carbocycles. The normalized spacial score (nSPS) is 12.5. The number of fused-ring (bicyclic) bond motifs is 1. The Labute approximate surface area is 129 Å². The van der Waals surface area contributed by atoms with Crippen molar-refractivity contribution in [3.05, 3.63) is 45.4 Å². The van der Waals surface area contributed by atoms with E-state index in [4.69, 9.17) is 21.1 Å². The van der Waals surface area contributed by atoms with Gasteiger partial charge in [0, 0.05) is 33.4 Å². The van der Waals surface area contributed by atoms with Gasteiger partial charge in [0.1, 0.15) is 5.75 Å². The molecule has 1 heterocycles. The molecule has 3 rings (SSSR count). The van der Waals surface area contributed by atoms with E-state index in [0.717, 1.165) is 15.7 Å². The van der Waals surface area contributed by atoms with Gasteiger partial charge in [0.2, 0.25) is 6.79 Å². The minimum Gasteiger partial charge on any atom is -0.507 e. The van der Waals surface area contributed by atoms with Crippen LogP contribution in [0.4, 0.5) is 5.69 Å². The van der Waals surface area contributed by atoms with Gasteiger partial charge in [0.05, 0.1) is 0 Å². The second-order valence-corrected chi connectivity index (χ2v) is 5.60. The van der Waals surface area contributed by atoms with Gasteiger partial charge in [0.25, 0.3) is 0 Å². The summed E-state index contributed by atoms with van der Waals surface area (Å²) in [5.41, 5.74) is 1.63. The molecule has 0 aromatic heterocycles. The number of aromatic hydroxyl groups is 1. The van der Waals surface area contributed by atoms with Crippen LogP contribution in [0.2, 0.25) is 5.02 Å².